The van der Waals surface area contributed by atoms with Crippen molar-refractivity contribution in [2.24, 2.45) is 10.2 Å². The van der Waals surface area contributed by atoms with Crippen LogP contribution in [0.3, 0.4) is 0 Å². The molecular formula is C15H16N2O3S. The summed E-state index contributed by atoms with van der Waals surface area (Å²) in [5.74, 6) is -0.480. The number of carbonyl (C=O) groups excluding carboxylic acids is 2. The van der Waals surface area contributed by atoms with Crippen molar-refractivity contribution in [3.63, 3.8) is 0 Å². The Kier molecular flexibility index (Phi) is 3.96. The lowest BCUT2D eigenvalue weighted by Gasteiger charge is -2.25. The highest BCUT2D eigenvalue weighted by atomic mass is 32.1. The summed E-state index contributed by atoms with van der Waals surface area (Å²) in [5.41, 5.74) is 2.01. The lowest BCUT2D eigenvalue weighted by molar-refractivity contribution is -0.115. The number of thiophene rings is 1. The third-order valence-electron chi connectivity index (χ3n) is 3.90. The fraction of sp³-hybridized carbons (Fsp3) is 0.467. The Morgan fingerprint density at radius 2 is 2.19 bits per heavy atom. The van der Waals surface area contributed by atoms with E-state index in [1.54, 1.807) is 6.07 Å². The SMILES string of the molecule is COC(=O)c1ccc(CC2N=NC(=O)C3=C2CCCC3)s1. The summed E-state index contributed by atoms with van der Waals surface area (Å²) < 4.78 is 4.72. The molecule has 1 aliphatic heterocycles. The number of rotatable bonds is 3. The Balaban J connectivity index is 1.79. The number of ether oxygens (including phenoxy) is 1. The molecule has 1 aliphatic carbocycles. The molecule has 1 amide bonds. The van der Waals surface area contributed by atoms with Crippen LogP contribution >= 0.6 is 11.3 Å². The molecule has 1 aromatic rings. The van der Waals surface area contributed by atoms with Crippen molar-refractivity contribution in [3.8, 4) is 0 Å². The van der Waals surface area contributed by atoms with E-state index in [0.29, 0.717) is 11.3 Å². The van der Waals surface area contributed by atoms with Crippen LogP contribution in [0.1, 0.15) is 40.2 Å². The summed E-state index contributed by atoms with van der Waals surface area (Å²) in [4.78, 5) is 24.9. The smallest absolute Gasteiger partial charge is 0.348 e. The van der Waals surface area contributed by atoms with Crippen LogP contribution < -0.4 is 0 Å². The van der Waals surface area contributed by atoms with Crippen LogP contribution in [-0.4, -0.2) is 25.0 Å². The Morgan fingerprint density at radius 3 is 3.00 bits per heavy atom. The average Bonchev–Trinajstić information content (AvgIpc) is 2.98. The quantitative estimate of drug-likeness (QED) is 0.804. The summed E-state index contributed by atoms with van der Waals surface area (Å²) >= 11 is 1.42. The van der Waals surface area contributed by atoms with Gasteiger partial charge in [0.1, 0.15) is 4.88 Å². The monoisotopic (exact) mass is 304 g/mol. The van der Waals surface area contributed by atoms with Crippen molar-refractivity contribution in [1.82, 2.24) is 0 Å². The van der Waals surface area contributed by atoms with Crippen LogP contribution in [-0.2, 0) is 16.0 Å². The standard InChI is InChI=1S/C15H16N2O3S/c1-20-15(19)13-7-6-9(21-13)8-12-10-4-2-3-5-11(10)14(18)17-16-12/h6-7,12H,2-5,8H2,1H3. The molecule has 1 aromatic heterocycles. The van der Waals surface area contributed by atoms with Crippen molar-refractivity contribution in [2.75, 3.05) is 7.11 Å². The molecule has 0 N–H and O–H groups in total. The molecule has 0 spiro atoms. The van der Waals surface area contributed by atoms with E-state index in [2.05, 4.69) is 10.2 Å². The van der Waals surface area contributed by atoms with Gasteiger partial charge in [0, 0.05) is 16.9 Å². The molecule has 2 heterocycles. The lowest BCUT2D eigenvalue weighted by atomic mass is 9.85. The van der Waals surface area contributed by atoms with E-state index < -0.39 is 0 Å². The Hall–Kier alpha value is -1.82. The Bertz CT molecular complexity index is 645. The van der Waals surface area contributed by atoms with Gasteiger partial charge in [-0.2, -0.15) is 5.11 Å². The van der Waals surface area contributed by atoms with E-state index in [-0.39, 0.29) is 17.9 Å². The van der Waals surface area contributed by atoms with Gasteiger partial charge in [-0.15, -0.1) is 16.5 Å². The minimum Gasteiger partial charge on any atom is -0.465 e. The molecule has 6 heteroatoms. The fourth-order valence-electron chi connectivity index (χ4n) is 2.85. The summed E-state index contributed by atoms with van der Waals surface area (Å²) in [6.45, 7) is 0. The van der Waals surface area contributed by atoms with Gasteiger partial charge in [0.2, 0.25) is 0 Å². The van der Waals surface area contributed by atoms with Crippen molar-refractivity contribution < 1.29 is 14.3 Å². The van der Waals surface area contributed by atoms with E-state index >= 15 is 0 Å². The topological polar surface area (TPSA) is 68.1 Å². The zero-order valence-electron chi connectivity index (χ0n) is 11.8. The van der Waals surface area contributed by atoms with Gasteiger partial charge in [-0.25, -0.2) is 4.79 Å². The first-order valence-electron chi connectivity index (χ1n) is 7.03. The third kappa shape index (κ3) is 2.81. The average molecular weight is 304 g/mol. The molecule has 0 bridgehead atoms. The maximum atomic E-state index is 11.8. The van der Waals surface area contributed by atoms with E-state index in [4.69, 9.17) is 4.74 Å². The zero-order chi connectivity index (χ0) is 14.8. The van der Waals surface area contributed by atoms with Gasteiger partial charge in [0.25, 0.3) is 5.91 Å². The predicted octanol–water partition coefficient (Wildman–Crippen LogP) is 3.31. The summed E-state index contributed by atoms with van der Waals surface area (Å²) in [6, 6.07) is 3.64. The van der Waals surface area contributed by atoms with Gasteiger partial charge in [-0.1, -0.05) is 0 Å². The number of hydrogen-bond donors (Lipinski definition) is 0. The number of esters is 1. The highest BCUT2D eigenvalue weighted by Gasteiger charge is 2.29. The van der Waals surface area contributed by atoms with Gasteiger partial charge < -0.3 is 4.74 Å². The molecule has 1 unspecified atom stereocenters. The summed E-state index contributed by atoms with van der Waals surface area (Å²) in [5, 5.41) is 7.96. The lowest BCUT2D eigenvalue weighted by Crippen LogP contribution is -2.22. The minimum absolute atomic E-state index is 0.0536. The molecule has 0 saturated carbocycles. The van der Waals surface area contributed by atoms with Gasteiger partial charge in [-0.05, 0) is 43.4 Å². The summed E-state index contributed by atoms with van der Waals surface area (Å²) in [6.07, 6.45) is 4.60. The van der Waals surface area contributed by atoms with Gasteiger partial charge in [0.15, 0.2) is 0 Å². The first kappa shape index (κ1) is 14.1. The van der Waals surface area contributed by atoms with Crippen LogP contribution in [0.2, 0.25) is 0 Å². The molecule has 5 nitrogen and oxygen atoms in total. The van der Waals surface area contributed by atoms with E-state index in [1.165, 1.54) is 18.4 Å². The van der Waals surface area contributed by atoms with Crippen LogP contribution in [0.15, 0.2) is 33.5 Å². The Morgan fingerprint density at radius 1 is 1.38 bits per heavy atom. The first-order valence-corrected chi connectivity index (χ1v) is 7.85. The van der Waals surface area contributed by atoms with E-state index in [1.807, 2.05) is 6.07 Å². The minimum atomic E-state index is -0.315. The number of hydrogen-bond acceptors (Lipinski definition) is 5. The molecule has 0 fully saturated rings. The maximum absolute atomic E-state index is 11.8. The number of carbonyl (C=O) groups is 2. The second-order valence-electron chi connectivity index (χ2n) is 5.21. The van der Waals surface area contributed by atoms with Crippen molar-refractivity contribution >= 4 is 23.2 Å². The highest BCUT2D eigenvalue weighted by Crippen LogP contribution is 2.34. The predicted molar refractivity (Wildman–Crippen MR) is 78.5 cm³/mol. The second-order valence-corrected chi connectivity index (χ2v) is 6.38. The van der Waals surface area contributed by atoms with E-state index in [0.717, 1.165) is 41.7 Å². The van der Waals surface area contributed by atoms with Gasteiger partial charge in [0.05, 0.1) is 13.2 Å². The van der Waals surface area contributed by atoms with Crippen LogP contribution in [0.4, 0.5) is 0 Å². The normalized spacial score (nSPS) is 21.4. The highest BCUT2D eigenvalue weighted by molar-refractivity contribution is 7.13. The Labute approximate surface area is 126 Å². The fourth-order valence-corrected chi connectivity index (χ4v) is 3.81. The molecule has 110 valence electrons. The number of azo groups is 1. The molecule has 2 aliphatic rings. The number of amides is 1. The van der Waals surface area contributed by atoms with Crippen molar-refractivity contribution in [3.05, 3.63) is 33.0 Å². The third-order valence-corrected chi connectivity index (χ3v) is 4.99. The second kappa shape index (κ2) is 5.89. The molecule has 0 radical (unpaired) electrons. The molecular weight excluding hydrogens is 288 g/mol. The van der Waals surface area contributed by atoms with Crippen LogP contribution in [0, 0.1) is 0 Å². The van der Waals surface area contributed by atoms with Crippen molar-refractivity contribution in [1.29, 1.82) is 0 Å². The largest absolute Gasteiger partial charge is 0.465 e. The van der Waals surface area contributed by atoms with Crippen molar-refractivity contribution in [2.45, 2.75) is 38.1 Å². The van der Waals surface area contributed by atoms with Gasteiger partial charge in [-0.3, -0.25) is 4.79 Å². The van der Waals surface area contributed by atoms with Gasteiger partial charge >= 0.3 is 5.97 Å². The molecule has 0 aromatic carbocycles. The maximum Gasteiger partial charge on any atom is 0.348 e. The number of methoxy groups -OCH3 is 1. The van der Waals surface area contributed by atoms with E-state index in [9.17, 15) is 9.59 Å². The molecule has 21 heavy (non-hydrogen) atoms. The summed E-state index contributed by atoms with van der Waals surface area (Å²) in [7, 11) is 1.38. The molecule has 1 atom stereocenters. The van der Waals surface area contributed by atoms with Crippen LogP contribution in [0.5, 0.6) is 0 Å². The van der Waals surface area contributed by atoms with Crippen LogP contribution in [0.25, 0.3) is 0 Å². The number of nitrogens with zero attached hydrogens (tertiary/aromatic N) is 2. The zero-order valence-corrected chi connectivity index (χ0v) is 12.6. The molecule has 0 saturated heterocycles. The first-order chi connectivity index (χ1) is 10.2. The molecule has 3 rings (SSSR count).